The summed E-state index contributed by atoms with van der Waals surface area (Å²) in [5.41, 5.74) is 2.82. The van der Waals surface area contributed by atoms with Crippen LogP contribution in [0, 0.1) is 12.7 Å². The molecule has 0 saturated heterocycles. The Bertz CT molecular complexity index is 1090. The van der Waals surface area contributed by atoms with E-state index in [1.165, 1.54) is 12.1 Å². The molecule has 1 atom stereocenters. The number of aromatic nitrogens is 5. The predicted octanol–water partition coefficient (Wildman–Crippen LogP) is 3.39. The van der Waals surface area contributed by atoms with Gasteiger partial charge in [0.2, 0.25) is 0 Å². The minimum atomic E-state index is -0.489. The molecule has 0 saturated carbocycles. The van der Waals surface area contributed by atoms with E-state index in [2.05, 4.69) is 25.5 Å². The maximum absolute atomic E-state index is 13.2. The molecule has 0 amide bonds. The molecule has 3 aromatic heterocycles. The molecular formula is C18H16ClFN6O. The molecule has 0 radical (unpaired) electrons. The van der Waals surface area contributed by atoms with Gasteiger partial charge in [-0.2, -0.15) is 5.10 Å². The van der Waals surface area contributed by atoms with Crippen LogP contribution in [-0.4, -0.2) is 36.4 Å². The summed E-state index contributed by atoms with van der Waals surface area (Å²) in [7, 11) is 0. The maximum Gasteiger partial charge on any atom is 0.168 e. The van der Waals surface area contributed by atoms with E-state index in [-0.39, 0.29) is 12.4 Å². The van der Waals surface area contributed by atoms with Crippen molar-refractivity contribution in [3.05, 3.63) is 64.8 Å². The van der Waals surface area contributed by atoms with Crippen molar-refractivity contribution in [2.75, 3.05) is 11.9 Å². The van der Waals surface area contributed by atoms with E-state index in [4.69, 9.17) is 11.6 Å². The van der Waals surface area contributed by atoms with E-state index in [0.717, 1.165) is 5.69 Å². The second-order valence-electron chi connectivity index (χ2n) is 6.12. The molecule has 9 heteroatoms. The van der Waals surface area contributed by atoms with Gasteiger partial charge in [-0.25, -0.2) is 14.4 Å². The highest BCUT2D eigenvalue weighted by Crippen LogP contribution is 2.28. The third-order valence-corrected chi connectivity index (χ3v) is 4.47. The zero-order valence-corrected chi connectivity index (χ0v) is 15.1. The Kier molecular flexibility index (Phi) is 4.51. The number of hydrogen-bond donors (Lipinski definition) is 3. The Morgan fingerprint density at radius 1 is 1.30 bits per heavy atom. The molecule has 0 fully saturated rings. The summed E-state index contributed by atoms with van der Waals surface area (Å²) in [6.07, 6.45) is 1.62. The van der Waals surface area contributed by atoms with E-state index in [1.54, 1.807) is 29.1 Å². The number of nitrogens with zero attached hydrogens (tertiary/aromatic N) is 4. The van der Waals surface area contributed by atoms with Gasteiger partial charge in [0.05, 0.1) is 17.7 Å². The summed E-state index contributed by atoms with van der Waals surface area (Å²) in [6.45, 7) is 1.70. The zero-order valence-electron chi connectivity index (χ0n) is 14.3. The number of aliphatic hydroxyl groups is 1. The third-order valence-electron chi connectivity index (χ3n) is 4.18. The Hall–Kier alpha value is -2.97. The van der Waals surface area contributed by atoms with E-state index >= 15 is 0 Å². The molecular weight excluding hydrogens is 371 g/mol. The Balaban J connectivity index is 1.72. The van der Waals surface area contributed by atoms with Gasteiger partial charge < -0.3 is 10.4 Å². The number of halogens is 2. The fourth-order valence-corrected chi connectivity index (χ4v) is 3.01. The fourth-order valence-electron chi connectivity index (χ4n) is 2.81. The first-order chi connectivity index (χ1) is 13.0. The van der Waals surface area contributed by atoms with Gasteiger partial charge in [0.15, 0.2) is 11.5 Å². The van der Waals surface area contributed by atoms with Crippen LogP contribution in [0.3, 0.4) is 0 Å². The second-order valence-corrected chi connectivity index (χ2v) is 6.52. The largest absolute Gasteiger partial charge is 0.394 e. The van der Waals surface area contributed by atoms with Crippen molar-refractivity contribution in [3.8, 4) is 5.82 Å². The smallest absolute Gasteiger partial charge is 0.168 e. The van der Waals surface area contributed by atoms with Crippen molar-refractivity contribution in [2.45, 2.75) is 13.0 Å². The summed E-state index contributed by atoms with van der Waals surface area (Å²) in [4.78, 5) is 8.89. The van der Waals surface area contributed by atoms with Crippen LogP contribution >= 0.6 is 11.6 Å². The summed E-state index contributed by atoms with van der Waals surface area (Å²) in [5.74, 6) is 0.709. The van der Waals surface area contributed by atoms with Gasteiger partial charge in [0, 0.05) is 11.8 Å². The number of hydrogen-bond acceptors (Lipinski definition) is 5. The summed E-state index contributed by atoms with van der Waals surface area (Å²) < 4.78 is 14.9. The molecule has 0 aliphatic heterocycles. The SMILES string of the molecule is Cc1cc(-n2cnc3cc(Cl)c(N[C@@H](CO)c4ccc(F)cc4)nc32)n[nH]1. The van der Waals surface area contributed by atoms with Gasteiger partial charge in [0.1, 0.15) is 23.5 Å². The van der Waals surface area contributed by atoms with Gasteiger partial charge in [-0.15, -0.1) is 0 Å². The number of pyridine rings is 1. The lowest BCUT2D eigenvalue weighted by molar-refractivity contribution is 0.276. The lowest BCUT2D eigenvalue weighted by Gasteiger charge is -2.18. The number of aryl methyl sites for hydroxylation is 1. The molecule has 0 spiro atoms. The summed E-state index contributed by atoms with van der Waals surface area (Å²) in [5, 5.41) is 20.3. The minimum Gasteiger partial charge on any atom is -0.394 e. The fraction of sp³-hybridized carbons (Fsp3) is 0.167. The monoisotopic (exact) mass is 386 g/mol. The Morgan fingerprint density at radius 2 is 2.07 bits per heavy atom. The molecule has 27 heavy (non-hydrogen) atoms. The molecule has 138 valence electrons. The van der Waals surface area contributed by atoms with Crippen molar-refractivity contribution in [3.63, 3.8) is 0 Å². The van der Waals surface area contributed by atoms with Crippen LogP contribution in [0.5, 0.6) is 0 Å². The van der Waals surface area contributed by atoms with Crippen molar-refractivity contribution in [2.24, 2.45) is 0 Å². The average Bonchev–Trinajstić information content (AvgIpc) is 3.26. The number of aliphatic hydroxyl groups excluding tert-OH is 1. The number of H-pyrrole nitrogens is 1. The van der Waals surface area contributed by atoms with Gasteiger partial charge in [-0.1, -0.05) is 23.7 Å². The first kappa shape index (κ1) is 17.4. The number of fused-ring (bicyclic) bond motifs is 1. The third kappa shape index (κ3) is 3.36. The Labute approximate surface area is 158 Å². The van der Waals surface area contributed by atoms with Crippen LogP contribution in [0.1, 0.15) is 17.3 Å². The minimum absolute atomic E-state index is 0.209. The molecule has 3 N–H and O–H groups in total. The normalized spacial score (nSPS) is 12.4. The van der Waals surface area contributed by atoms with E-state index < -0.39 is 6.04 Å². The number of anilines is 1. The lowest BCUT2D eigenvalue weighted by Crippen LogP contribution is -2.16. The van der Waals surface area contributed by atoms with Gasteiger partial charge in [0.25, 0.3) is 0 Å². The molecule has 0 aliphatic carbocycles. The van der Waals surface area contributed by atoms with E-state index in [0.29, 0.717) is 33.4 Å². The number of imidazole rings is 1. The standard InChI is InChI=1S/C18H16ClFN6O/c1-10-6-16(25-24-10)26-9-21-14-7-13(19)17(23-18(14)26)22-15(8-27)11-2-4-12(20)5-3-11/h2-7,9,15,27H,8H2,1H3,(H,22,23)(H,24,25)/t15-/m0/s1. The molecule has 0 aliphatic rings. The first-order valence-corrected chi connectivity index (χ1v) is 8.62. The van der Waals surface area contributed by atoms with Gasteiger partial charge in [-0.3, -0.25) is 9.67 Å². The molecule has 4 aromatic rings. The molecule has 0 bridgehead atoms. The molecule has 1 aromatic carbocycles. The van der Waals surface area contributed by atoms with Gasteiger partial charge >= 0.3 is 0 Å². The van der Waals surface area contributed by atoms with Crippen LogP contribution in [0.4, 0.5) is 10.2 Å². The highest BCUT2D eigenvalue weighted by atomic mass is 35.5. The quantitative estimate of drug-likeness (QED) is 0.489. The van der Waals surface area contributed by atoms with Crippen LogP contribution in [0.2, 0.25) is 5.02 Å². The van der Waals surface area contributed by atoms with Crippen LogP contribution < -0.4 is 5.32 Å². The topological polar surface area (TPSA) is 91.7 Å². The zero-order chi connectivity index (χ0) is 19.0. The average molecular weight is 387 g/mol. The second kappa shape index (κ2) is 6.98. The van der Waals surface area contributed by atoms with Gasteiger partial charge in [-0.05, 0) is 30.7 Å². The maximum atomic E-state index is 13.2. The number of rotatable bonds is 5. The van der Waals surface area contributed by atoms with E-state index in [9.17, 15) is 9.50 Å². The summed E-state index contributed by atoms with van der Waals surface area (Å²) in [6, 6.07) is 8.97. The Morgan fingerprint density at radius 3 is 2.74 bits per heavy atom. The number of nitrogens with one attached hydrogen (secondary N) is 2. The number of aromatic amines is 1. The first-order valence-electron chi connectivity index (χ1n) is 8.24. The van der Waals surface area contributed by atoms with E-state index in [1.807, 2.05) is 13.0 Å². The predicted molar refractivity (Wildman–Crippen MR) is 101 cm³/mol. The molecule has 4 rings (SSSR count). The molecule has 3 heterocycles. The van der Waals surface area contributed by atoms with Crippen LogP contribution in [0.15, 0.2) is 42.7 Å². The highest BCUT2D eigenvalue weighted by Gasteiger charge is 2.17. The number of benzene rings is 1. The highest BCUT2D eigenvalue weighted by molar-refractivity contribution is 6.33. The summed E-state index contributed by atoms with van der Waals surface area (Å²) >= 11 is 6.34. The lowest BCUT2D eigenvalue weighted by atomic mass is 10.1. The van der Waals surface area contributed by atoms with Crippen molar-refractivity contribution >= 4 is 28.6 Å². The van der Waals surface area contributed by atoms with Crippen LogP contribution in [-0.2, 0) is 0 Å². The molecule has 7 nitrogen and oxygen atoms in total. The molecule has 0 unspecified atom stereocenters. The van der Waals surface area contributed by atoms with Crippen molar-refractivity contribution in [1.82, 2.24) is 24.7 Å². The van der Waals surface area contributed by atoms with Crippen molar-refractivity contribution in [1.29, 1.82) is 0 Å². The van der Waals surface area contributed by atoms with Crippen LogP contribution in [0.25, 0.3) is 17.0 Å². The van der Waals surface area contributed by atoms with Crippen molar-refractivity contribution < 1.29 is 9.50 Å².